The number of nitrogens with one attached hydrogen (secondary N) is 1. The number of pyridine rings is 1. The average Bonchev–Trinajstić information content (AvgIpc) is 2.39. The maximum atomic E-state index is 4.58. The lowest BCUT2D eigenvalue weighted by molar-refractivity contribution is 0.552. The second kappa shape index (κ2) is 7.49. The monoisotopic (exact) mass is 261 g/mol. The molecule has 106 valence electrons. The van der Waals surface area contributed by atoms with Crippen molar-refractivity contribution in [2.24, 2.45) is 0 Å². The van der Waals surface area contributed by atoms with E-state index in [1.54, 1.807) is 0 Å². The molecule has 3 nitrogen and oxygen atoms in total. The summed E-state index contributed by atoms with van der Waals surface area (Å²) in [6.07, 6.45) is 8.69. The minimum Gasteiger partial charge on any atom is -0.357 e. The molecule has 2 heterocycles. The Balaban J connectivity index is 2.07. The van der Waals surface area contributed by atoms with Crippen LogP contribution in [-0.4, -0.2) is 24.6 Å². The Morgan fingerprint density at radius 1 is 1.21 bits per heavy atom. The van der Waals surface area contributed by atoms with Crippen LogP contribution in [0.5, 0.6) is 0 Å². The van der Waals surface area contributed by atoms with Crippen molar-refractivity contribution in [2.45, 2.75) is 52.0 Å². The number of anilines is 1. The third kappa shape index (κ3) is 4.20. The Bertz CT molecular complexity index is 370. The molecule has 0 spiro atoms. The molecule has 1 atom stereocenters. The van der Waals surface area contributed by atoms with E-state index in [2.05, 4.69) is 41.2 Å². The number of aromatic nitrogens is 1. The molecule has 19 heavy (non-hydrogen) atoms. The van der Waals surface area contributed by atoms with E-state index in [1.165, 1.54) is 37.7 Å². The lowest BCUT2D eigenvalue weighted by Gasteiger charge is -2.26. The van der Waals surface area contributed by atoms with Gasteiger partial charge in [0, 0.05) is 25.3 Å². The van der Waals surface area contributed by atoms with Gasteiger partial charge in [0.05, 0.1) is 0 Å². The van der Waals surface area contributed by atoms with E-state index in [1.807, 2.05) is 6.20 Å². The van der Waals surface area contributed by atoms with Gasteiger partial charge in [-0.15, -0.1) is 0 Å². The molecule has 1 saturated heterocycles. The lowest BCUT2D eigenvalue weighted by Crippen LogP contribution is -2.28. The lowest BCUT2D eigenvalue weighted by atomic mass is 10.1. The first kappa shape index (κ1) is 14.3. The van der Waals surface area contributed by atoms with Crippen molar-refractivity contribution in [3.63, 3.8) is 0 Å². The van der Waals surface area contributed by atoms with Crippen molar-refractivity contribution in [1.82, 2.24) is 10.3 Å². The van der Waals surface area contributed by atoms with Crippen LogP contribution < -0.4 is 10.2 Å². The van der Waals surface area contributed by atoms with Crippen LogP contribution in [0.15, 0.2) is 18.3 Å². The van der Waals surface area contributed by atoms with Crippen molar-refractivity contribution in [3.05, 3.63) is 23.9 Å². The molecule has 1 unspecified atom stereocenters. The summed E-state index contributed by atoms with van der Waals surface area (Å²) in [5.74, 6) is 1.16. The van der Waals surface area contributed by atoms with Crippen LogP contribution >= 0.6 is 0 Å². The number of hydrogen-bond acceptors (Lipinski definition) is 3. The van der Waals surface area contributed by atoms with Crippen LogP contribution in [0.2, 0.25) is 0 Å². The SMILES string of the molecule is CCNC(C)c1ccnc(N2CCCCCCC2)c1. The number of nitrogens with zero attached hydrogens (tertiary/aromatic N) is 2. The Labute approximate surface area is 117 Å². The second-order valence-corrected chi connectivity index (χ2v) is 5.48. The van der Waals surface area contributed by atoms with Gasteiger partial charge in [-0.25, -0.2) is 4.98 Å². The summed E-state index contributed by atoms with van der Waals surface area (Å²) in [7, 11) is 0. The maximum absolute atomic E-state index is 4.58. The summed E-state index contributed by atoms with van der Waals surface area (Å²) in [6.45, 7) is 7.69. The molecule has 1 aromatic heterocycles. The molecular weight excluding hydrogens is 234 g/mol. The summed E-state index contributed by atoms with van der Waals surface area (Å²) in [6, 6.07) is 4.79. The Hall–Kier alpha value is -1.09. The van der Waals surface area contributed by atoms with Crippen molar-refractivity contribution in [1.29, 1.82) is 0 Å². The zero-order valence-corrected chi connectivity index (χ0v) is 12.4. The molecule has 1 aromatic rings. The summed E-state index contributed by atoms with van der Waals surface area (Å²) in [4.78, 5) is 7.04. The molecule has 3 heteroatoms. The number of hydrogen-bond donors (Lipinski definition) is 1. The molecule has 0 radical (unpaired) electrons. The molecule has 0 aliphatic carbocycles. The Morgan fingerprint density at radius 3 is 2.58 bits per heavy atom. The van der Waals surface area contributed by atoms with E-state index < -0.39 is 0 Å². The van der Waals surface area contributed by atoms with Crippen LogP contribution in [0.4, 0.5) is 5.82 Å². The van der Waals surface area contributed by atoms with Crippen LogP contribution in [0.3, 0.4) is 0 Å². The second-order valence-electron chi connectivity index (χ2n) is 5.48. The van der Waals surface area contributed by atoms with Gasteiger partial charge in [0.25, 0.3) is 0 Å². The zero-order valence-electron chi connectivity index (χ0n) is 12.4. The normalized spacial score (nSPS) is 18.7. The highest BCUT2D eigenvalue weighted by atomic mass is 15.2. The predicted octanol–water partition coefficient (Wildman–Crippen LogP) is 3.52. The van der Waals surface area contributed by atoms with E-state index in [-0.39, 0.29) is 0 Å². The van der Waals surface area contributed by atoms with Crippen LogP contribution in [0.1, 0.15) is 57.6 Å². The third-order valence-corrected chi connectivity index (χ3v) is 3.96. The molecule has 0 saturated carbocycles. The quantitative estimate of drug-likeness (QED) is 0.899. The Kier molecular flexibility index (Phi) is 5.64. The van der Waals surface area contributed by atoms with Gasteiger partial charge in [0.1, 0.15) is 5.82 Å². The molecule has 1 N–H and O–H groups in total. The highest BCUT2D eigenvalue weighted by molar-refractivity contribution is 5.41. The van der Waals surface area contributed by atoms with Crippen molar-refractivity contribution in [3.8, 4) is 0 Å². The van der Waals surface area contributed by atoms with Gasteiger partial charge in [0.2, 0.25) is 0 Å². The largest absolute Gasteiger partial charge is 0.357 e. The van der Waals surface area contributed by atoms with E-state index in [4.69, 9.17) is 0 Å². The molecule has 1 fully saturated rings. The molecule has 0 bridgehead atoms. The molecule has 1 aliphatic heterocycles. The standard InChI is InChI=1S/C16H27N3/c1-3-17-14(2)15-9-10-18-16(13-15)19-11-7-5-4-6-8-12-19/h9-10,13-14,17H,3-8,11-12H2,1-2H3. The molecule has 2 rings (SSSR count). The molecule has 0 aromatic carbocycles. The minimum atomic E-state index is 0.404. The highest BCUT2D eigenvalue weighted by Gasteiger charge is 2.12. The van der Waals surface area contributed by atoms with Gasteiger partial charge < -0.3 is 10.2 Å². The Morgan fingerprint density at radius 2 is 1.89 bits per heavy atom. The van der Waals surface area contributed by atoms with Gasteiger partial charge >= 0.3 is 0 Å². The molecular formula is C16H27N3. The number of rotatable bonds is 4. The first-order valence-electron chi connectivity index (χ1n) is 7.75. The smallest absolute Gasteiger partial charge is 0.128 e. The fourth-order valence-electron chi connectivity index (χ4n) is 2.78. The topological polar surface area (TPSA) is 28.2 Å². The van der Waals surface area contributed by atoms with Gasteiger partial charge in [-0.1, -0.05) is 26.2 Å². The highest BCUT2D eigenvalue weighted by Crippen LogP contribution is 2.20. The van der Waals surface area contributed by atoms with E-state index in [0.29, 0.717) is 6.04 Å². The first-order chi connectivity index (χ1) is 9.31. The van der Waals surface area contributed by atoms with Crippen molar-refractivity contribution < 1.29 is 0 Å². The fraction of sp³-hybridized carbons (Fsp3) is 0.688. The third-order valence-electron chi connectivity index (χ3n) is 3.96. The van der Waals surface area contributed by atoms with Gasteiger partial charge in [0.15, 0.2) is 0 Å². The van der Waals surface area contributed by atoms with Crippen LogP contribution in [0.25, 0.3) is 0 Å². The first-order valence-corrected chi connectivity index (χ1v) is 7.75. The van der Waals surface area contributed by atoms with Crippen molar-refractivity contribution in [2.75, 3.05) is 24.5 Å². The molecule has 0 amide bonds. The zero-order chi connectivity index (χ0) is 13.5. The predicted molar refractivity (Wildman–Crippen MR) is 81.6 cm³/mol. The summed E-state index contributed by atoms with van der Waals surface area (Å²) < 4.78 is 0. The summed E-state index contributed by atoms with van der Waals surface area (Å²) >= 11 is 0. The fourth-order valence-corrected chi connectivity index (χ4v) is 2.78. The van der Waals surface area contributed by atoms with Gasteiger partial charge in [-0.3, -0.25) is 0 Å². The van der Waals surface area contributed by atoms with Gasteiger partial charge in [-0.05, 0) is 44.0 Å². The molecule has 1 aliphatic rings. The minimum absolute atomic E-state index is 0.404. The van der Waals surface area contributed by atoms with Crippen LogP contribution in [-0.2, 0) is 0 Å². The van der Waals surface area contributed by atoms with Gasteiger partial charge in [-0.2, -0.15) is 0 Å². The average molecular weight is 261 g/mol. The summed E-state index contributed by atoms with van der Waals surface area (Å²) in [5, 5.41) is 3.47. The summed E-state index contributed by atoms with van der Waals surface area (Å²) in [5.41, 5.74) is 1.34. The maximum Gasteiger partial charge on any atom is 0.128 e. The van der Waals surface area contributed by atoms with Crippen molar-refractivity contribution >= 4 is 5.82 Å². The van der Waals surface area contributed by atoms with E-state index in [9.17, 15) is 0 Å². The van der Waals surface area contributed by atoms with Crippen LogP contribution in [0, 0.1) is 0 Å². The van der Waals surface area contributed by atoms with E-state index >= 15 is 0 Å². The van der Waals surface area contributed by atoms with E-state index in [0.717, 1.165) is 25.5 Å².